The molecule has 7 nitrogen and oxygen atoms in total. The minimum Gasteiger partial charge on any atom is -0.368 e. The monoisotopic (exact) mass is 299 g/mol. The number of aryl methyl sites for hydroxylation is 1. The van der Waals surface area contributed by atoms with Crippen LogP contribution in [0, 0.1) is 6.92 Å². The van der Waals surface area contributed by atoms with Crippen LogP contribution in [0.1, 0.15) is 18.2 Å². The molecule has 1 aliphatic heterocycles. The molecule has 3 heterocycles. The van der Waals surface area contributed by atoms with Gasteiger partial charge in [-0.1, -0.05) is 6.92 Å². The van der Waals surface area contributed by atoms with Crippen molar-refractivity contribution in [2.45, 2.75) is 20.3 Å². The molecule has 0 atom stereocenters. The van der Waals surface area contributed by atoms with Crippen LogP contribution in [0.2, 0.25) is 0 Å². The van der Waals surface area contributed by atoms with E-state index in [1.807, 2.05) is 0 Å². The maximum atomic E-state index is 5.85. The van der Waals surface area contributed by atoms with Crippen LogP contribution >= 0.6 is 0 Å². The summed E-state index contributed by atoms with van der Waals surface area (Å²) in [7, 11) is 0. The summed E-state index contributed by atoms with van der Waals surface area (Å²) in [5.74, 6) is 2.24. The van der Waals surface area contributed by atoms with E-state index in [2.05, 4.69) is 43.6 Å². The Hall–Kier alpha value is -2.44. The van der Waals surface area contributed by atoms with E-state index in [0.717, 1.165) is 55.5 Å². The lowest BCUT2D eigenvalue weighted by Gasteiger charge is -2.36. The number of aromatic nitrogens is 4. The molecule has 0 bridgehead atoms. The summed E-state index contributed by atoms with van der Waals surface area (Å²) >= 11 is 0. The van der Waals surface area contributed by atoms with Gasteiger partial charge in [-0.2, -0.15) is 4.98 Å². The zero-order valence-electron chi connectivity index (χ0n) is 13.0. The van der Waals surface area contributed by atoms with Gasteiger partial charge in [0.15, 0.2) is 0 Å². The highest BCUT2D eigenvalue weighted by atomic mass is 15.3. The summed E-state index contributed by atoms with van der Waals surface area (Å²) < 4.78 is 0. The van der Waals surface area contributed by atoms with Gasteiger partial charge in [0.25, 0.3) is 0 Å². The number of nitrogen functional groups attached to an aromatic ring is 1. The number of rotatable bonds is 3. The lowest BCUT2D eigenvalue weighted by atomic mass is 10.1. The van der Waals surface area contributed by atoms with Crippen molar-refractivity contribution in [1.29, 1.82) is 0 Å². The Kier molecular flexibility index (Phi) is 4.04. The van der Waals surface area contributed by atoms with Crippen molar-refractivity contribution in [1.82, 2.24) is 19.9 Å². The van der Waals surface area contributed by atoms with E-state index in [1.165, 1.54) is 0 Å². The first-order valence-electron chi connectivity index (χ1n) is 7.58. The number of hydrogen-bond acceptors (Lipinski definition) is 7. The first-order chi connectivity index (χ1) is 10.7. The van der Waals surface area contributed by atoms with Gasteiger partial charge in [-0.25, -0.2) is 9.97 Å². The topological polar surface area (TPSA) is 84.1 Å². The Morgan fingerprint density at radius 2 is 1.82 bits per heavy atom. The summed E-state index contributed by atoms with van der Waals surface area (Å²) in [4.78, 5) is 21.8. The molecule has 1 saturated heterocycles. The smallest absolute Gasteiger partial charge is 0.222 e. The van der Waals surface area contributed by atoms with E-state index in [4.69, 9.17) is 5.73 Å². The molecule has 22 heavy (non-hydrogen) atoms. The summed E-state index contributed by atoms with van der Waals surface area (Å²) in [6.45, 7) is 7.72. The van der Waals surface area contributed by atoms with Gasteiger partial charge in [-0.15, -0.1) is 0 Å². The van der Waals surface area contributed by atoms with Crippen molar-refractivity contribution >= 4 is 17.6 Å². The second-order valence-corrected chi connectivity index (χ2v) is 5.37. The van der Waals surface area contributed by atoms with Crippen molar-refractivity contribution < 1.29 is 0 Å². The van der Waals surface area contributed by atoms with E-state index >= 15 is 0 Å². The van der Waals surface area contributed by atoms with Gasteiger partial charge in [0.1, 0.15) is 11.6 Å². The molecule has 1 aliphatic rings. The van der Waals surface area contributed by atoms with Crippen LogP contribution in [0.5, 0.6) is 0 Å². The lowest BCUT2D eigenvalue weighted by molar-refractivity contribution is 0.638. The van der Waals surface area contributed by atoms with Gasteiger partial charge >= 0.3 is 0 Å². The van der Waals surface area contributed by atoms with Crippen molar-refractivity contribution in [2.75, 3.05) is 41.7 Å². The SMILES string of the molecule is CCc1nc(N)nc(N2CCN(c3cnccn3)CC2)c1C. The summed E-state index contributed by atoms with van der Waals surface area (Å²) in [6.07, 6.45) is 6.09. The first kappa shape index (κ1) is 14.5. The maximum absolute atomic E-state index is 5.85. The van der Waals surface area contributed by atoms with Gasteiger partial charge < -0.3 is 15.5 Å². The van der Waals surface area contributed by atoms with Gasteiger partial charge in [0.05, 0.1) is 11.9 Å². The van der Waals surface area contributed by atoms with Crippen LogP contribution in [0.25, 0.3) is 0 Å². The van der Waals surface area contributed by atoms with Crippen LogP contribution in [0.15, 0.2) is 18.6 Å². The third kappa shape index (κ3) is 2.79. The zero-order valence-corrected chi connectivity index (χ0v) is 13.0. The van der Waals surface area contributed by atoms with Crippen LogP contribution in [-0.4, -0.2) is 46.1 Å². The molecule has 2 aromatic rings. The number of piperazine rings is 1. The predicted molar refractivity (Wildman–Crippen MR) is 87.0 cm³/mol. The van der Waals surface area contributed by atoms with E-state index < -0.39 is 0 Å². The minimum atomic E-state index is 0.355. The standard InChI is InChI=1S/C15H21N7/c1-3-12-11(2)14(20-15(16)19-12)22-8-6-21(7-9-22)13-10-17-4-5-18-13/h4-5,10H,3,6-9H2,1-2H3,(H2,16,19,20). The molecule has 1 fully saturated rings. The zero-order chi connectivity index (χ0) is 15.5. The van der Waals surface area contributed by atoms with Crippen molar-refractivity contribution in [3.05, 3.63) is 29.8 Å². The molecular formula is C15H21N7. The molecule has 0 saturated carbocycles. The van der Waals surface area contributed by atoms with Gasteiger partial charge in [-0.05, 0) is 13.3 Å². The van der Waals surface area contributed by atoms with E-state index in [1.54, 1.807) is 18.6 Å². The predicted octanol–water partition coefficient (Wildman–Crippen LogP) is 1.05. The normalized spacial score (nSPS) is 15.2. The van der Waals surface area contributed by atoms with E-state index in [0.29, 0.717) is 5.95 Å². The van der Waals surface area contributed by atoms with Crippen molar-refractivity contribution in [2.24, 2.45) is 0 Å². The fourth-order valence-corrected chi connectivity index (χ4v) is 2.82. The number of anilines is 3. The maximum Gasteiger partial charge on any atom is 0.222 e. The minimum absolute atomic E-state index is 0.355. The Morgan fingerprint density at radius 3 is 2.45 bits per heavy atom. The lowest BCUT2D eigenvalue weighted by Crippen LogP contribution is -2.47. The molecule has 0 aromatic carbocycles. The average molecular weight is 299 g/mol. The largest absolute Gasteiger partial charge is 0.368 e. The molecular weight excluding hydrogens is 278 g/mol. The molecule has 0 radical (unpaired) electrons. The van der Waals surface area contributed by atoms with Crippen molar-refractivity contribution in [3.63, 3.8) is 0 Å². The molecule has 0 unspecified atom stereocenters. The Balaban J connectivity index is 1.76. The molecule has 0 spiro atoms. The Morgan fingerprint density at radius 1 is 1.09 bits per heavy atom. The molecule has 3 rings (SSSR count). The molecule has 116 valence electrons. The van der Waals surface area contributed by atoms with Crippen LogP contribution in [0.4, 0.5) is 17.6 Å². The molecule has 0 amide bonds. The number of nitrogens with two attached hydrogens (primary N) is 1. The first-order valence-corrected chi connectivity index (χ1v) is 7.58. The summed E-state index contributed by atoms with van der Waals surface area (Å²) in [5.41, 5.74) is 8.01. The fraction of sp³-hybridized carbons (Fsp3) is 0.467. The van der Waals surface area contributed by atoms with Crippen molar-refractivity contribution in [3.8, 4) is 0 Å². The number of hydrogen-bond donors (Lipinski definition) is 1. The fourth-order valence-electron chi connectivity index (χ4n) is 2.82. The summed E-state index contributed by atoms with van der Waals surface area (Å²) in [5, 5.41) is 0. The molecule has 2 aromatic heterocycles. The Labute approximate surface area is 130 Å². The van der Waals surface area contributed by atoms with Crippen LogP contribution in [0.3, 0.4) is 0 Å². The molecule has 7 heteroatoms. The van der Waals surface area contributed by atoms with E-state index in [-0.39, 0.29) is 0 Å². The second kappa shape index (κ2) is 6.13. The van der Waals surface area contributed by atoms with E-state index in [9.17, 15) is 0 Å². The quantitative estimate of drug-likeness (QED) is 0.906. The third-order valence-corrected chi connectivity index (χ3v) is 4.03. The highest BCUT2D eigenvalue weighted by molar-refractivity contribution is 5.53. The van der Waals surface area contributed by atoms with Crippen LogP contribution < -0.4 is 15.5 Å². The summed E-state index contributed by atoms with van der Waals surface area (Å²) in [6, 6.07) is 0. The Bertz CT molecular complexity index is 636. The number of nitrogens with zero attached hydrogens (tertiary/aromatic N) is 6. The second-order valence-electron chi connectivity index (χ2n) is 5.37. The molecule has 0 aliphatic carbocycles. The highest BCUT2D eigenvalue weighted by Gasteiger charge is 2.22. The van der Waals surface area contributed by atoms with Gasteiger partial charge in [0, 0.05) is 44.1 Å². The van der Waals surface area contributed by atoms with Gasteiger partial charge in [-0.3, -0.25) is 4.98 Å². The van der Waals surface area contributed by atoms with Gasteiger partial charge in [0.2, 0.25) is 5.95 Å². The average Bonchev–Trinajstić information content (AvgIpc) is 2.57. The molecule has 2 N–H and O–H groups in total. The highest BCUT2D eigenvalue weighted by Crippen LogP contribution is 2.23. The third-order valence-electron chi connectivity index (χ3n) is 4.03. The van der Waals surface area contributed by atoms with Crippen LogP contribution in [-0.2, 0) is 6.42 Å².